The van der Waals surface area contributed by atoms with Gasteiger partial charge in [-0.25, -0.2) is 0 Å². The van der Waals surface area contributed by atoms with Gasteiger partial charge in [-0.15, -0.1) is 0 Å². The van der Waals surface area contributed by atoms with E-state index in [-0.39, 0.29) is 0 Å². The molecule has 1 aromatic heterocycles. The van der Waals surface area contributed by atoms with Crippen LogP contribution in [0.1, 0.15) is 30.5 Å². The van der Waals surface area contributed by atoms with Gasteiger partial charge in [-0.1, -0.05) is 0 Å². The second-order valence-corrected chi connectivity index (χ2v) is 5.26. The third-order valence-corrected chi connectivity index (χ3v) is 3.88. The molecule has 5 nitrogen and oxygen atoms in total. The Kier molecular flexibility index (Phi) is 2.75. The van der Waals surface area contributed by atoms with Gasteiger partial charge in [0.2, 0.25) is 0 Å². The van der Waals surface area contributed by atoms with Crippen molar-refractivity contribution in [2.45, 2.75) is 38.3 Å². The monoisotopic (exact) mass is 246 g/mol. The zero-order chi connectivity index (χ0) is 12.7. The molecule has 18 heavy (non-hydrogen) atoms. The molecule has 2 unspecified atom stereocenters. The number of rotatable bonds is 3. The molecule has 0 radical (unpaired) electrons. The number of nitriles is 1. The SMILES string of the molecule is Cc1nn(C)c(NC2CCOC2C2CC2)c1C#N. The van der Waals surface area contributed by atoms with Crippen molar-refractivity contribution in [3.63, 3.8) is 0 Å². The van der Waals surface area contributed by atoms with E-state index in [4.69, 9.17) is 4.74 Å². The maximum absolute atomic E-state index is 9.20. The maximum Gasteiger partial charge on any atom is 0.142 e. The van der Waals surface area contributed by atoms with Gasteiger partial charge < -0.3 is 10.1 Å². The van der Waals surface area contributed by atoms with Crippen LogP contribution in [0.3, 0.4) is 0 Å². The summed E-state index contributed by atoms with van der Waals surface area (Å²) < 4.78 is 7.57. The van der Waals surface area contributed by atoms with E-state index >= 15 is 0 Å². The molecule has 0 bridgehead atoms. The molecular weight excluding hydrogens is 228 g/mol. The summed E-state index contributed by atoms with van der Waals surface area (Å²) in [6.45, 7) is 2.69. The highest BCUT2D eigenvalue weighted by Crippen LogP contribution is 2.39. The number of nitrogens with one attached hydrogen (secondary N) is 1. The predicted octanol–water partition coefficient (Wildman–Crippen LogP) is 1.58. The third kappa shape index (κ3) is 1.87. The van der Waals surface area contributed by atoms with Gasteiger partial charge >= 0.3 is 0 Å². The number of aromatic nitrogens is 2. The predicted molar refractivity (Wildman–Crippen MR) is 67.2 cm³/mol. The number of ether oxygens (including phenoxy) is 1. The molecule has 1 saturated heterocycles. The van der Waals surface area contributed by atoms with Crippen LogP contribution in [0.25, 0.3) is 0 Å². The van der Waals surface area contributed by atoms with Crippen molar-refractivity contribution in [2.24, 2.45) is 13.0 Å². The highest BCUT2D eigenvalue weighted by atomic mass is 16.5. The van der Waals surface area contributed by atoms with Crippen molar-refractivity contribution in [2.75, 3.05) is 11.9 Å². The molecule has 0 amide bonds. The van der Waals surface area contributed by atoms with E-state index in [0.717, 1.165) is 24.5 Å². The van der Waals surface area contributed by atoms with E-state index in [1.807, 2.05) is 14.0 Å². The Balaban J connectivity index is 1.82. The first-order chi connectivity index (χ1) is 8.70. The van der Waals surface area contributed by atoms with E-state index in [9.17, 15) is 5.26 Å². The van der Waals surface area contributed by atoms with Gasteiger partial charge in [0, 0.05) is 13.7 Å². The van der Waals surface area contributed by atoms with Crippen molar-refractivity contribution in [3.8, 4) is 6.07 Å². The summed E-state index contributed by atoms with van der Waals surface area (Å²) in [5.74, 6) is 1.54. The first-order valence-corrected chi connectivity index (χ1v) is 6.52. The molecule has 2 fully saturated rings. The quantitative estimate of drug-likeness (QED) is 0.879. The van der Waals surface area contributed by atoms with Crippen LogP contribution in [0.2, 0.25) is 0 Å². The van der Waals surface area contributed by atoms with Crippen molar-refractivity contribution in [1.29, 1.82) is 5.26 Å². The third-order valence-electron chi connectivity index (χ3n) is 3.88. The van der Waals surface area contributed by atoms with Gasteiger partial charge in [0.05, 0.1) is 17.8 Å². The lowest BCUT2D eigenvalue weighted by molar-refractivity contribution is 0.0897. The Morgan fingerprint density at radius 1 is 1.44 bits per heavy atom. The fraction of sp³-hybridized carbons (Fsp3) is 0.692. The molecule has 1 aromatic rings. The van der Waals surface area contributed by atoms with Gasteiger partial charge in [-0.3, -0.25) is 4.68 Å². The minimum atomic E-state index is 0.312. The maximum atomic E-state index is 9.20. The van der Waals surface area contributed by atoms with Crippen LogP contribution < -0.4 is 5.32 Å². The fourth-order valence-corrected chi connectivity index (χ4v) is 2.79. The van der Waals surface area contributed by atoms with Gasteiger partial charge in [0.25, 0.3) is 0 Å². The number of anilines is 1. The molecular formula is C13H18N4O. The van der Waals surface area contributed by atoms with Gasteiger partial charge in [0.15, 0.2) is 0 Å². The van der Waals surface area contributed by atoms with E-state index in [1.54, 1.807) is 4.68 Å². The average Bonchev–Trinajstić information content (AvgIpc) is 3.02. The van der Waals surface area contributed by atoms with Gasteiger partial charge in [-0.05, 0) is 32.1 Å². The summed E-state index contributed by atoms with van der Waals surface area (Å²) in [6, 6.07) is 2.55. The fourth-order valence-electron chi connectivity index (χ4n) is 2.79. The molecule has 3 rings (SSSR count). The Labute approximate surface area is 107 Å². The largest absolute Gasteiger partial charge is 0.376 e. The Morgan fingerprint density at radius 3 is 2.89 bits per heavy atom. The molecule has 0 aromatic carbocycles. The summed E-state index contributed by atoms with van der Waals surface area (Å²) in [6.07, 6.45) is 3.87. The van der Waals surface area contributed by atoms with Crippen molar-refractivity contribution >= 4 is 5.82 Å². The molecule has 5 heteroatoms. The van der Waals surface area contributed by atoms with E-state index in [1.165, 1.54) is 12.8 Å². The minimum absolute atomic E-state index is 0.312. The number of aryl methyl sites for hydroxylation is 2. The minimum Gasteiger partial charge on any atom is -0.376 e. The van der Waals surface area contributed by atoms with Crippen LogP contribution in [0.5, 0.6) is 0 Å². The standard InChI is InChI=1S/C13H18N4O/c1-8-10(7-14)13(17(2)16-8)15-11-5-6-18-12(11)9-3-4-9/h9,11-12,15H,3-6H2,1-2H3. The van der Waals surface area contributed by atoms with Crippen LogP contribution in [-0.4, -0.2) is 28.5 Å². The van der Waals surface area contributed by atoms with Crippen LogP contribution in [0, 0.1) is 24.2 Å². The molecule has 1 N–H and O–H groups in total. The van der Waals surface area contributed by atoms with Crippen molar-refractivity contribution in [1.82, 2.24) is 9.78 Å². The second kappa shape index (κ2) is 4.29. The summed E-state index contributed by atoms with van der Waals surface area (Å²) >= 11 is 0. The Hall–Kier alpha value is -1.54. The van der Waals surface area contributed by atoms with Crippen LogP contribution in [-0.2, 0) is 11.8 Å². The number of hydrogen-bond acceptors (Lipinski definition) is 4. The topological polar surface area (TPSA) is 62.9 Å². The normalized spacial score (nSPS) is 27.2. The van der Waals surface area contributed by atoms with Gasteiger partial charge in [0.1, 0.15) is 17.5 Å². The summed E-state index contributed by atoms with van der Waals surface area (Å²) in [5, 5.41) is 17.0. The summed E-state index contributed by atoms with van der Waals surface area (Å²) in [7, 11) is 1.87. The number of nitrogens with zero attached hydrogens (tertiary/aromatic N) is 3. The molecule has 2 heterocycles. The van der Waals surface area contributed by atoms with Crippen LogP contribution >= 0.6 is 0 Å². The summed E-state index contributed by atoms with van der Waals surface area (Å²) in [4.78, 5) is 0. The molecule has 1 aliphatic heterocycles. The van der Waals surface area contributed by atoms with Crippen LogP contribution in [0.15, 0.2) is 0 Å². The van der Waals surface area contributed by atoms with Gasteiger partial charge in [-0.2, -0.15) is 10.4 Å². The Morgan fingerprint density at radius 2 is 2.22 bits per heavy atom. The first kappa shape index (κ1) is 11.5. The highest BCUT2D eigenvalue weighted by Gasteiger charge is 2.41. The first-order valence-electron chi connectivity index (χ1n) is 6.52. The molecule has 0 spiro atoms. The van der Waals surface area contributed by atoms with E-state index in [2.05, 4.69) is 16.5 Å². The highest BCUT2D eigenvalue weighted by molar-refractivity contribution is 5.55. The average molecular weight is 246 g/mol. The van der Waals surface area contributed by atoms with Crippen molar-refractivity contribution in [3.05, 3.63) is 11.3 Å². The number of hydrogen-bond donors (Lipinski definition) is 1. The van der Waals surface area contributed by atoms with Crippen molar-refractivity contribution < 1.29 is 4.74 Å². The van der Waals surface area contributed by atoms with E-state index < -0.39 is 0 Å². The lowest BCUT2D eigenvalue weighted by Gasteiger charge is -2.20. The van der Waals surface area contributed by atoms with Crippen LogP contribution in [0.4, 0.5) is 5.82 Å². The molecule has 1 saturated carbocycles. The summed E-state index contributed by atoms with van der Waals surface area (Å²) in [5.41, 5.74) is 1.43. The lowest BCUT2D eigenvalue weighted by atomic mass is 10.1. The second-order valence-electron chi connectivity index (χ2n) is 5.26. The van der Waals surface area contributed by atoms with E-state index in [0.29, 0.717) is 23.6 Å². The smallest absolute Gasteiger partial charge is 0.142 e. The lowest BCUT2D eigenvalue weighted by Crippen LogP contribution is -2.32. The zero-order valence-corrected chi connectivity index (χ0v) is 10.8. The molecule has 96 valence electrons. The Bertz CT molecular complexity index is 498. The molecule has 2 aliphatic rings. The molecule has 1 aliphatic carbocycles. The zero-order valence-electron chi connectivity index (χ0n) is 10.8. The molecule has 2 atom stereocenters.